The quantitative estimate of drug-likeness (QED) is 0.669. The van der Waals surface area contributed by atoms with Gasteiger partial charge in [-0.3, -0.25) is 14.9 Å². The first-order valence-electron chi connectivity index (χ1n) is 6.64. The van der Waals surface area contributed by atoms with Crippen LogP contribution in [0.25, 0.3) is 10.2 Å². The van der Waals surface area contributed by atoms with E-state index in [9.17, 15) is 14.9 Å². The third kappa shape index (κ3) is 2.66. The maximum absolute atomic E-state index is 11.8. The number of piperidine rings is 1. The molecule has 1 amide bonds. The standard InChI is InChI=1S/C13H14N4O3S/c1-7-15-10-5-9(11(17(19)20)6-12(10)21-7)16-8-3-2-4-14-13(8)18/h5-6,8,16H,2-4H2,1H3,(H,14,18). The van der Waals surface area contributed by atoms with Crippen molar-refractivity contribution in [3.63, 3.8) is 0 Å². The van der Waals surface area contributed by atoms with E-state index >= 15 is 0 Å². The van der Waals surface area contributed by atoms with Crippen LogP contribution < -0.4 is 10.6 Å². The van der Waals surface area contributed by atoms with Crippen LogP contribution >= 0.6 is 11.3 Å². The number of carbonyl (C=O) groups excluding carboxylic acids is 1. The number of fused-ring (bicyclic) bond motifs is 1. The number of thiazole rings is 1. The molecule has 0 radical (unpaired) electrons. The monoisotopic (exact) mass is 306 g/mol. The van der Waals surface area contributed by atoms with Gasteiger partial charge in [0.15, 0.2) is 0 Å². The summed E-state index contributed by atoms with van der Waals surface area (Å²) in [4.78, 5) is 26.9. The zero-order chi connectivity index (χ0) is 15.0. The van der Waals surface area contributed by atoms with Gasteiger partial charge < -0.3 is 10.6 Å². The van der Waals surface area contributed by atoms with Crippen LogP contribution in [0.4, 0.5) is 11.4 Å². The highest BCUT2D eigenvalue weighted by Gasteiger charge is 2.25. The van der Waals surface area contributed by atoms with Crippen molar-refractivity contribution in [2.45, 2.75) is 25.8 Å². The Hall–Kier alpha value is -2.22. The molecule has 110 valence electrons. The lowest BCUT2D eigenvalue weighted by Crippen LogP contribution is -2.44. The predicted octanol–water partition coefficient (Wildman–Crippen LogP) is 2.20. The van der Waals surface area contributed by atoms with E-state index < -0.39 is 11.0 Å². The van der Waals surface area contributed by atoms with Crippen LogP contribution in [0.2, 0.25) is 0 Å². The fourth-order valence-electron chi connectivity index (χ4n) is 2.44. The Morgan fingerprint density at radius 1 is 1.52 bits per heavy atom. The van der Waals surface area contributed by atoms with Gasteiger partial charge in [-0.05, 0) is 25.8 Å². The summed E-state index contributed by atoms with van der Waals surface area (Å²) in [6, 6.07) is 2.73. The zero-order valence-electron chi connectivity index (χ0n) is 11.4. The maximum Gasteiger partial charge on any atom is 0.293 e. The van der Waals surface area contributed by atoms with E-state index in [2.05, 4.69) is 15.6 Å². The van der Waals surface area contributed by atoms with Gasteiger partial charge in [0.2, 0.25) is 5.91 Å². The van der Waals surface area contributed by atoms with E-state index in [1.807, 2.05) is 6.92 Å². The largest absolute Gasteiger partial charge is 0.368 e. The lowest BCUT2D eigenvalue weighted by atomic mass is 10.1. The summed E-state index contributed by atoms with van der Waals surface area (Å²) in [5.41, 5.74) is 1.03. The Kier molecular flexibility index (Phi) is 3.46. The SMILES string of the molecule is Cc1nc2cc(NC3CCCNC3=O)c([N+](=O)[O-])cc2s1. The molecule has 8 heteroatoms. The molecule has 21 heavy (non-hydrogen) atoms. The van der Waals surface area contributed by atoms with E-state index in [4.69, 9.17) is 0 Å². The van der Waals surface area contributed by atoms with Crippen LogP contribution in [-0.4, -0.2) is 28.4 Å². The molecule has 0 bridgehead atoms. The molecule has 2 N–H and O–H groups in total. The first-order chi connectivity index (χ1) is 10.0. The highest BCUT2D eigenvalue weighted by Crippen LogP contribution is 2.33. The number of hydrogen-bond acceptors (Lipinski definition) is 6. The maximum atomic E-state index is 11.8. The van der Waals surface area contributed by atoms with Crippen molar-refractivity contribution >= 4 is 38.8 Å². The summed E-state index contributed by atoms with van der Waals surface area (Å²) in [5, 5.41) is 17.8. The normalized spacial score (nSPS) is 18.5. The summed E-state index contributed by atoms with van der Waals surface area (Å²) in [5.74, 6) is -0.120. The fourth-order valence-corrected chi connectivity index (χ4v) is 3.28. The molecular formula is C13H14N4O3S. The molecule has 7 nitrogen and oxygen atoms in total. The Bertz CT molecular complexity index is 728. The van der Waals surface area contributed by atoms with Crippen LogP contribution in [0.15, 0.2) is 12.1 Å². The van der Waals surface area contributed by atoms with Crippen LogP contribution in [0.5, 0.6) is 0 Å². The molecular weight excluding hydrogens is 292 g/mol. The molecule has 3 rings (SSSR count). The van der Waals surface area contributed by atoms with E-state index in [1.54, 1.807) is 6.07 Å². The highest BCUT2D eigenvalue weighted by atomic mass is 32.1. The molecule has 1 unspecified atom stereocenters. The molecule has 1 aliphatic rings. The molecule has 1 aromatic carbocycles. The Balaban J connectivity index is 2.00. The molecule has 1 fully saturated rings. The Morgan fingerprint density at radius 2 is 2.33 bits per heavy atom. The van der Waals surface area contributed by atoms with E-state index in [1.165, 1.54) is 17.4 Å². The van der Waals surface area contributed by atoms with Gasteiger partial charge >= 0.3 is 0 Å². The minimum atomic E-state index is -0.436. The number of rotatable bonds is 3. The number of carbonyl (C=O) groups is 1. The van der Waals surface area contributed by atoms with Crippen LogP contribution in [-0.2, 0) is 4.79 Å². The number of hydrogen-bond donors (Lipinski definition) is 2. The number of aromatic nitrogens is 1. The average molecular weight is 306 g/mol. The molecule has 1 saturated heterocycles. The van der Waals surface area contributed by atoms with Gasteiger partial charge in [0.1, 0.15) is 11.7 Å². The smallest absolute Gasteiger partial charge is 0.293 e. The van der Waals surface area contributed by atoms with Gasteiger partial charge in [0.25, 0.3) is 5.69 Å². The van der Waals surface area contributed by atoms with Gasteiger partial charge in [-0.1, -0.05) is 0 Å². The average Bonchev–Trinajstić information content (AvgIpc) is 2.79. The topological polar surface area (TPSA) is 97.2 Å². The molecule has 0 saturated carbocycles. The van der Waals surface area contributed by atoms with Gasteiger partial charge in [0, 0.05) is 12.6 Å². The van der Waals surface area contributed by atoms with Gasteiger partial charge in [-0.25, -0.2) is 4.98 Å². The summed E-state index contributed by atoms with van der Waals surface area (Å²) in [6.07, 6.45) is 1.52. The van der Waals surface area contributed by atoms with Crippen molar-refractivity contribution < 1.29 is 9.72 Å². The molecule has 1 aromatic heterocycles. The number of nitrogens with zero attached hydrogens (tertiary/aromatic N) is 2. The number of nitro groups is 1. The van der Waals surface area contributed by atoms with Crippen molar-refractivity contribution in [1.82, 2.24) is 10.3 Å². The number of benzene rings is 1. The first kappa shape index (κ1) is 13.7. The van der Waals surface area contributed by atoms with E-state index in [0.717, 1.165) is 16.1 Å². The second-order valence-corrected chi connectivity index (χ2v) is 6.19. The third-order valence-corrected chi connectivity index (χ3v) is 4.36. The summed E-state index contributed by atoms with van der Waals surface area (Å²) in [7, 11) is 0. The zero-order valence-corrected chi connectivity index (χ0v) is 12.2. The molecule has 2 aromatic rings. The Morgan fingerprint density at radius 3 is 3.05 bits per heavy atom. The van der Waals surface area contributed by atoms with Crippen molar-refractivity contribution in [2.24, 2.45) is 0 Å². The number of nitro benzene ring substituents is 1. The van der Waals surface area contributed by atoms with Crippen LogP contribution in [0.3, 0.4) is 0 Å². The van der Waals surface area contributed by atoms with Crippen molar-refractivity contribution in [2.75, 3.05) is 11.9 Å². The second kappa shape index (κ2) is 5.28. The third-order valence-electron chi connectivity index (χ3n) is 3.42. The van der Waals surface area contributed by atoms with Crippen molar-refractivity contribution in [1.29, 1.82) is 0 Å². The summed E-state index contributed by atoms with van der Waals surface area (Å²) >= 11 is 1.42. The van der Waals surface area contributed by atoms with Gasteiger partial charge in [0.05, 0.1) is 20.1 Å². The number of amides is 1. The number of aryl methyl sites for hydroxylation is 1. The Labute approximate surface area is 124 Å². The first-order valence-corrected chi connectivity index (χ1v) is 7.46. The highest BCUT2D eigenvalue weighted by molar-refractivity contribution is 7.18. The molecule has 2 heterocycles. The second-order valence-electron chi connectivity index (χ2n) is 4.96. The van der Waals surface area contributed by atoms with Crippen LogP contribution in [0.1, 0.15) is 17.8 Å². The fraction of sp³-hybridized carbons (Fsp3) is 0.385. The van der Waals surface area contributed by atoms with E-state index in [0.29, 0.717) is 24.2 Å². The predicted molar refractivity (Wildman–Crippen MR) is 80.7 cm³/mol. The van der Waals surface area contributed by atoms with E-state index in [-0.39, 0.29) is 11.6 Å². The summed E-state index contributed by atoms with van der Waals surface area (Å²) in [6.45, 7) is 2.52. The number of nitrogens with one attached hydrogen (secondary N) is 2. The van der Waals surface area contributed by atoms with Crippen LogP contribution in [0, 0.1) is 17.0 Å². The minimum absolute atomic E-state index is 0.0236. The molecule has 0 aliphatic carbocycles. The van der Waals surface area contributed by atoms with Crippen molar-refractivity contribution in [3.8, 4) is 0 Å². The summed E-state index contributed by atoms with van der Waals surface area (Å²) < 4.78 is 0.776. The minimum Gasteiger partial charge on any atom is -0.368 e. The lowest BCUT2D eigenvalue weighted by Gasteiger charge is -2.23. The molecule has 1 atom stereocenters. The van der Waals surface area contributed by atoms with Gasteiger partial charge in [-0.15, -0.1) is 11.3 Å². The van der Waals surface area contributed by atoms with Gasteiger partial charge in [-0.2, -0.15) is 0 Å². The molecule has 0 spiro atoms. The van der Waals surface area contributed by atoms with Crippen molar-refractivity contribution in [3.05, 3.63) is 27.3 Å². The number of anilines is 1. The molecule has 1 aliphatic heterocycles. The lowest BCUT2D eigenvalue weighted by molar-refractivity contribution is -0.383.